The van der Waals surface area contributed by atoms with E-state index in [1.165, 1.54) is 11.3 Å². The maximum absolute atomic E-state index is 5.55. The molecule has 168 valence electrons. The van der Waals surface area contributed by atoms with Gasteiger partial charge in [0.05, 0.1) is 24.7 Å². The van der Waals surface area contributed by atoms with E-state index in [9.17, 15) is 0 Å². The molecule has 0 aliphatic carbocycles. The van der Waals surface area contributed by atoms with Crippen LogP contribution in [0.25, 0.3) is 27.6 Å². The highest BCUT2D eigenvalue weighted by atomic mass is 32.1. The van der Waals surface area contributed by atoms with Crippen molar-refractivity contribution in [3.8, 4) is 27.7 Å². The number of thiazole rings is 1. The first-order chi connectivity index (χ1) is 15.5. The second-order valence-electron chi connectivity index (χ2n) is 8.65. The highest BCUT2D eigenvalue weighted by Gasteiger charge is 2.26. The molecule has 0 unspecified atom stereocenters. The Balaban J connectivity index is 1.54. The fourth-order valence-electron chi connectivity index (χ4n) is 4.45. The number of anilines is 1. The average molecular weight is 453 g/mol. The molecule has 1 aliphatic heterocycles. The van der Waals surface area contributed by atoms with Gasteiger partial charge in [0.25, 0.3) is 0 Å². The Morgan fingerprint density at radius 1 is 1.25 bits per heavy atom. The number of ether oxygens (including phenoxy) is 1. The quantitative estimate of drug-likeness (QED) is 0.496. The number of methoxy groups -OCH3 is 1. The minimum Gasteiger partial charge on any atom is -0.493 e. The Kier molecular flexibility index (Phi) is 5.34. The Bertz CT molecular complexity index is 1240. The topological polar surface area (TPSA) is 87.5 Å². The van der Waals surface area contributed by atoms with E-state index >= 15 is 0 Å². The Labute approximate surface area is 191 Å². The number of hydrogen-bond donors (Lipinski definition) is 1. The molecule has 4 aromatic rings. The monoisotopic (exact) mass is 452 g/mol. The molecule has 4 aromatic heterocycles. The SMILES string of the molecule is COc1cc(-c2n[nH]c(-c3ncc(N4CCN(C)C[C@@H]4C)s3)c2C(C)C)cn2ncnc12. The van der Waals surface area contributed by atoms with Gasteiger partial charge in [-0.05, 0) is 26.0 Å². The van der Waals surface area contributed by atoms with Crippen LogP contribution in [0, 0.1) is 0 Å². The molecule has 5 rings (SSSR count). The summed E-state index contributed by atoms with van der Waals surface area (Å²) >= 11 is 1.72. The van der Waals surface area contributed by atoms with Crippen molar-refractivity contribution in [2.24, 2.45) is 0 Å². The minimum absolute atomic E-state index is 0.256. The lowest BCUT2D eigenvalue weighted by atomic mass is 9.97. The average Bonchev–Trinajstić information content (AvgIpc) is 3.50. The number of pyridine rings is 1. The number of aromatic amines is 1. The van der Waals surface area contributed by atoms with Crippen LogP contribution in [0.4, 0.5) is 5.00 Å². The molecule has 0 saturated carbocycles. The molecular weight excluding hydrogens is 424 g/mol. The maximum atomic E-state index is 5.55. The fraction of sp³-hybridized carbons (Fsp3) is 0.455. The number of fused-ring (bicyclic) bond motifs is 1. The van der Waals surface area contributed by atoms with Crippen molar-refractivity contribution < 1.29 is 4.74 Å². The third kappa shape index (κ3) is 3.53. The number of H-pyrrole nitrogens is 1. The van der Waals surface area contributed by atoms with Crippen molar-refractivity contribution in [3.05, 3.63) is 30.4 Å². The van der Waals surface area contributed by atoms with Crippen molar-refractivity contribution in [3.63, 3.8) is 0 Å². The molecular formula is C22H28N8OS. The van der Waals surface area contributed by atoms with Crippen LogP contribution in [0.2, 0.25) is 0 Å². The second kappa shape index (κ2) is 8.18. The fourth-order valence-corrected chi connectivity index (χ4v) is 5.51. The van der Waals surface area contributed by atoms with E-state index in [4.69, 9.17) is 14.8 Å². The summed E-state index contributed by atoms with van der Waals surface area (Å²) in [6.07, 6.45) is 5.46. The lowest BCUT2D eigenvalue weighted by Gasteiger charge is -2.38. The van der Waals surface area contributed by atoms with E-state index in [0.29, 0.717) is 17.4 Å². The van der Waals surface area contributed by atoms with E-state index in [1.807, 2.05) is 18.5 Å². The molecule has 10 heteroatoms. The smallest absolute Gasteiger partial charge is 0.197 e. The normalized spacial score (nSPS) is 17.6. The number of aromatic nitrogens is 6. The zero-order chi connectivity index (χ0) is 22.4. The zero-order valence-corrected chi connectivity index (χ0v) is 19.8. The Hall–Kier alpha value is -2.98. The predicted octanol–water partition coefficient (Wildman–Crippen LogP) is 3.52. The van der Waals surface area contributed by atoms with E-state index in [0.717, 1.165) is 47.2 Å². The van der Waals surface area contributed by atoms with E-state index in [-0.39, 0.29) is 5.92 Å². The largest absolute Gasteiger partial charge is 0.493 e. The number of piperazine rings is 1. The molecule has 1 N–H and O–H groups in total. The van der Waals surface area contributed by atoms with Crippen LogP contribution in [0.15, 0.2) is 24.8 Å². The summed E-state index contributed by atoms with van der Waals surface area (Å²) in [4.78, 5) is 13.9. The standard InChI is InChI=1S/C22H28N8OS/c1-13(2)18-19(15-8-16(31-5)21-24-12-25-30(21)11-15)26-27-20(18)22-23-9-17(32-22)29-7-6-28(4)10-14(29)3/h8-9,11-14H,6-7,10H2,1-5H3,(H,26,27)/t14-/m0/s1. The molecule has 0 aromatic carbocycles. The van der Waals surface area contributed by atoms with Crippen molar-refractivity contribution >= 4 is 22.0 Å². The van der Waals surface area contributed by atoms with Gasteiger partial charge in [-0.2, -0.15) is 10.2 Å². The molecule has 1 atom stereocenters. The van der Waals surface area contributed by atoms with Gasteiger partial charge in [-0.25, -0.2) is 14.5 Å². The molecule has 0 amide bonds. The summed E-state index contributed by atoms with van der Waals surface area (Å²) in [5.41, 5.74) is 4.61. The second-order valence-corrected chi connectivity index (χ2v) is 9.66. The molecule has 9 nitrogen and oxygen atoms in total. The van der Waals surface area contributed by atoms with Gasteiger partial charge in [-0.15, -0.1) is 0 Å². The van der Waals surface area contributed by atoms with Gasteiger partial charge >= 0.3 is 0 Å². The molecule has 0 spiro atoms. The summed E-state index contributed by atoms with van der Waals surface area (Å²) in [5.74, 6) is 0.922. The number of nitrogens with zero attached hydrogens (tertiary/aromatic N) is 7. The third-order valence-corrected chi connectivity index (χ3v) is 7.09. The number of rotatable bonds is 5. The molecule has 5 heterocycles. The zero-order valence-electron chi connectivity index (χ0n) is 19.0. The maximum Gasteiger partial charge on any atom is 0.197 e. The van der Waals surface area contributed by atoms with Gasteiger partial charge in [0.2, 0.25) is 0 Å². The van der Waals surface area contributed by atoms with Crippen LogP contribution in [-0.2, 0) is 0 Å². The molecule has 1 aliphatic rings. The predicted molar refractivity (Wildman–Crippen MR) is 127 cm³/mol. The van der Waals surface area contributed by atoms with E-state index < -0.39 is 0 Å². The Morgan fingerprint density at radius 3 is 2.84 bits per heavy atom. The van der Waals surface area contributed by atoms with Gasteiger partial charge in [0.15, 0.2) is 11.4 Å². The third-order valence-electron chi connectivity index (χ3n) is 6.04. The first-order valence-electron chi connectivity index (χ1n) is 10.8. The first kappa shape index (κ1) is 20.9. The van der Waals surface area contributed by atoms with Crippen LogP contribution < -0.4 is 9.64 Å². The number of nitrogens with one attached hydrogen (secondary N) is 1. The summed E-state index contributed by atoms with van der Waals surface area (Å²) in [6, 6.07) is 2.43. The van der Waals surface area contributed by atoms with Crippen LogP contribution >= 0.6 is 11.3 Å². The van der Waals surface area contributed by atoms with Crippen LogP contribution in [0.1, 0.15) is 32.3 Å². The van der Waals surface area contributed by atoms with E-state index in [1.54, 1.807) is 23.0 Å². The van der Waals surface area contributed by atoms with Crippen molar-refractivity contribution in [2.75, 3.05) is 38.7 Å². The summed E-state index contributed by atoms with van der Waals surface area (Å²) < 4.78 is 7.27. The molecule has 1 saturated heterocycles. The van der Waals surface area contributed by atoms with Gasteiger partial charge in [-0.1, -0.05) is 25.2 Å². The lowest BCUT2D eigenvalue weighted by molar-refractivity contribution is 0.276. The summed E-state index contributed by atoms with van der Waals surface area (Å²) in [5, 5.41) is 14.4. The van der Waals surface area contributed by atoms with Crippen molar-refractivity contribution in [2.45, 2.75) is 32.7 Å². The molecule has 1 fully saturated rings. The van der Waals surface area contributed by atoms with Crippen LogP contribution in [0.3, 0.4) is 0 Å². The van der Waals surface area contributed by atoms with Crippen LogP contribution in [0.5, 0.6) is 5.75 Å². The highest BCUT2D eigenvalue weighted by Crippen LogP contribution is 2.40. The Morgan fingerprint density at radius 2 is 2.09 bits per heavy atom. The minimum atomic E-state index is 0.256. The van der Waals surface area contributed by atoms with Gasteiger partial charge < -0.3 is 14.5 Å². The van der Waals surface area contributed by atoms with Crippen molar-refractivity contribution in [1.29, 1.82) is 0 Å². The highest BCUT2D eigenvalue weighted by molar-refractivity contribution is 7.18. The van der Waals surface area contributed by atoms with E-state index in [2.05, 4.69) is 52.8 Å². The van der Waals surface area contributed by atoms with Gasteiger partial charge in [0, 0.05) is 43.0 Å². The lowest BCUT2D eigenvalue weighted by Crippen LogP contribution is -2.50. The molecule has 0 bridgehead atoms. The number of hydrogen-bond acceptors (Lipinski definition) is 8. The summed E-state index contributed by atoms with van der Waals surface area (Å²) in [7, 11) is 3.82. The van der Waals surface area contributed by atoms with Crippen LogP contribution in [-0.4, -0.2) is 74.5 Å². The van der Waals surface area contributed by atoms with Gasteiger partial charge in [0.1, 0.15) is 16.3 Å². The summed E-state index contributed by atoms with van der Waals surface area (Å²) in [6.45, 7) is 9.78. The first-order valence-corrected chi connectivity index (χ1v) is 11.6. The molecule has 32 heavy (non-hydrogen) atoms. The molecule has 0 radical (unpaired) electrons. The number of likely N-dealkylation sites (N-methyl/N-ethyl adjacent to an activating group) is 1. The van der Waals surface area contributed by atoms with Crippen molar-refractivity contribution in [1.82, 2.24) is 34.7 Å². The van der Waals surface area contributed by atoms with Gasteiger partial charge in [-0.3, -0.25) is 5.10 Å².